The predicted octanol–water partition coefficient (Wildman–Crippen LogP) is -1.99. The van der Waals surface area contributed by atoms with Gasteiger partial charge in [0.1, 0.15) is 0 Å². The smallest absolute Gasteiger partial charge is 0.0838 e. The Hall–Kier alpha value is -0.160. The molecule has 0 heterocycles. The lowest BCUT2D eigenvalue weighted by atomic mass is 10.1. The minimum atomic E-state index is -0.801. The normalized spacial score (nSPS) is 21.0. The number of hydrogen-bond donors (Lipinski definition) is 4. The third kappa shape index (κ3) is 2.76. The molecular formula is C5H14N2O2. The molecule has 0 aromatic heterocycles. The topological polar surface area (TPSA) is 92.5 Å². The Morgan fingerprint density at radius 1 is 1.44 bits per heavy atom. The zero-order chi connectivity index (χ0) is 7.44. The van der Waals surface area contributed by atoms with Gasteiger partial charge in [-0.2, -0.15) is 0 Å². The molecular weight excluding hydrogens is 120 g/mol. The molecule has 0 rings (SSSR count). The monoisotopic (exact) mass is 134 g/mol. The van der Waals surface area contributed by atoms with E-state index in [0.717, 1.165) is 0 Å². The summed E-state index contributed by atoms with van der Waals surface area (Å²) >= 11 is 0. The molecule has 56 valence electrons. The highest BCUT2D eigenvalue weighted by Gasteiger charge is 2.17. The molecule has 4 heteroatoms. The molecule has 0 amide bonds. The van der Waals surface area contributed by atoms with E-state index < -0.39 is 18.2 Å². The van der Waals surface area contributed by atoms with E-state index >= 15 is 0 Å². The number of aliphatic hydroxyl groups is 2. The Bertz CT molecular complexity index is 77.4. The summed E-state index contributed by atoms with van der Waals surface area (Å²) in [5.41, 5.74) is 10.4. The molecule has 0 aromatic rings. The summed E-state index contributed by atoms with van der Waals surface area (Å²) in [7, 11) is 0. The molecule has 0 saturated heterocycles. The average Bonchev–Trinajstić information content (AvgIpc) is 1.84. The second-order valence-electron chi connectivity index (χ2n) is 2.12. The van der Waals surface area contributed by atoms with Crippen LogP contribution in [0.4, 0.5) is 0 Å². The summed E-state index contributed by atoms with van der Waals surface area (Å²) in [5.74, 6) is 0. The Kier molecular flexibility index (Phi) is 3.72. The van der Waals surface area contributed by atoms with Gasteiger partial charge in [0, 0.05) is 6.54 Å². The Balaban J connectivity index is 3.58. The SMILES string of the molecule is CC(O)C(N)C(O)CN. The third-order valence-electron chi connectivity index (χ3n) is 1.24. The van der Waals surface area contributed by atoms with E-state index in [9.17, 15) is 0 Å². The molecule has 0 fully saturated rings. The van der Waals surface area contributed by atoms with Gasteiger partial charge >= 0.3 is 0 Å². The van der Waals surface area contributed by atoms with Crippen LogP contribution >= 0.6 is 0 Å². The van der Waals surface area contributed by atoms with Gasteiger partial charge in [0.2, 0.25) is 0 Å². The summed E-state index contributed by atoms with van der Waals surface area (Å²) in [4.78, 5) is 0. The standard InChI is InChI=1S/C5H14N2O2/c1-3(8)5(7)4(9)2-6/h3-5,8-9H,2,6-7H2,1H3. The van der Waals surface area contributed by atoms with Crippen molar-refractivity contribution in [2.75, 3.05) is 6.54 Å². The van der Waals surface area contributed by atoms with Gasteiger partial charge in [-0.3, -0.25) is 0 Å². The van der Waals surface area contributed by atoms with Crippen molar-refractivity contribution in [1.29, 1.82) is 0 Å². The second-order valence-corrected chi connectivity index (χ2v) is 2.12. The van der Waals surface area contributed by atoms with Gasteiger partial charge in [-0.25, -0.2) is 0 Å². The number of rotatable bonds is 3. The van der Waals surface area contributed by atoms with Crippen LogP contribution in [-0.2, 0) is 0 Å². The molecule has 0 spiro atoms. The molecule has 3 unspecified atom stereocenters. The van der Waals surface area contributed by atoms with Gasteiger partial charge < -0.3 is 21.7 Å². The van der Waals surface area contributed by atoms with Crippen molar-refractivity contribution in [2.45, 2.75) is 25.2 Å². The van der Waals surface area contributed by atoms with Crippen LogP contribution in [-0.4, -0.2) is 35.0 Å². The van der Waals surface area contributed by atoms with Crippen molar-refractivity contribution in [3.63, 3.8) is 0 Å². The van der Waals surface area contributed by atoms with Gasteiger partial charge in [0.25, 0.3) is 0 Å². The van der Waals surface area contributed by atoms with E-state index in [0.29, 0.717) is 0 Å². The number of aliphatic hydroxyl groups excluding tert-OH is 2. The van der Waals surface area contributed by atoms with Crippen molar-refractivity contribution in [2.24, 2.45) is 11.5 Å². The molecule has 0 radical (unpaired) electrons. The molecule has 0 aliphatic rings. The van der Waals surface area contributed by atoms with E-state index in [1.165, 1.54) is 6.92 Å². The molecule has 0 saturated carbocycles. The molecule has 0 aromatic carbocycles. The summed E-state index contributed by atoms with van der Waals surface area (Å²) < 4.78 is 0. The second kappa shape index (κ2) is 3.79. The van der Waals surface area contributed by atoms with E-state index in [4.69, 9.17) is 21.7 Å². The Morgan fingerprint density at radius 3 is 2.00 bits per heavy atom. The van der Waals surface area contributed by atoms with Crippen LogP contribution in [0.5, 0.6) is 0 Å². The summed E-state index contributed by atoms with van der Waals surface area (Å²) in [6.07, 6.45) is -1.51. The van der Waals surface area contributed by atoms with E-state index in [-0.39, 0.29) is 6.54 Å². The average molecular weight is 134 g/mol. The fourth-order valence-electron chi connectivity index (χ4n) is 0.479. The van der Waals surface area contributed by atoms with E-state index in [1.54, 1.807) is 0 Å². The maximum atomic E-state index is 8.89. The van der Waals surface area contributed by atoms with Gasteiger partial charge in [-0.15, -0.1) is 0 Å². The maximum Gasteiger partial charge on any atom is 0.0838 e. The summed E-state index contributed by atoms with van der Waals surface area (Å²) in [6, 6.07) is -0.630. The quantitative estimate of drug-likeness (QED) is 0.359. The molecule has 6 N–H and O–H groups in total. The molecule has 4 nitrogen and oxygen atoms in total. The van der Waals surface area contributed by atoms with Crippen molar-refractivity contribution >= 4 is 0 Å². The van der Waals surface area contributed by atoms with Crippen LogP contribution in [0.15, 0.2) is 0 Å². The van der Waals surface area contributed by atoms with Crippen LogP contribution in [0.1, 0.15) is 6.92 Å². The zero-order valence-corrected chi connectivity index (χ0v) is 5.49. The fourth-order valence-corrected chi connectivity index (χ4v) is 0.479. The highest BCUT2D eigenvalue weighted by molar-refractivity contribution is 4.76. The first-order valence-electron chi connectivity index (χ1n) is 2.91. The highest BCUT2D eigenvalue weighted by atomic mass is 16.3. The van der Waals surface area contributed by atoms with Gasteiger partial charge in [-0.05, 0) is 6.92 Å². The first kappa shape index (κ1) is 8.84. The molecule has 0 aliphatic carbocycles. The molecule has 9 heavy (non-hydrogen) atoms. The van der Waals surface area contributed by atoms with Crippen molar-refractivity contribution < 1.29 is 10.2 Å². The first-order valence-corrected chi connectivity index (χ1v) is 2.91. The van der Waals surface area contributed by atoms with Crippen LogP contribution in [0.2, 0.25) is 0 Å². The van der Waals surface area contributed by atoms with Gasteiger partial charge in [0.15, 0.2) is 0 Å². The lowest BCUT2D eigenvalue weighted by molar-refractivity contribution is 0.0702. The minimum absolute atomic E-state index is 0.0894. The zero-order valence-electron chi connectivity index (χ0n) is 5.49. The number of hydrogen-bond acceptors (Lipinski definition) is 4. The van der Waals surface area contributed by atoms with Crippen molar-refractivity contribution in [3.05, 3.63) is 0 Å². The third-order valence-corrected chi connectivity index (χ3v) is 1.24. The lowest BCUT2D eigenvalue weighted by Gasteiger charge is -2.19. The fraction of sp³-hybridized carbons (Fsp3) is 1.00. The molecule has 0 aliphatic heterocycles. The van der Waals surface area contributed by atoms with E-state index in [1.807, 2.05) is 0 Å². The van der Waals surface area contributed by atoms with Crippen molar-refractivity contribution in [1.82, 2.24) is 0 Å². The largest absolute Gasteiger partial charge is 0.392 e. The highest BCUT2D eigenvalue weighted by Crippen LogP contribution is 1.93. The van der Waals surface area contributed by atoms with Crippen LogP contribution in [0.3, 0.4) is 0 Å². The van der Waals surface area contributed by atoms with Crippen molar-refractivity contribution in [3.8, 4) is 0 Å². The summed E-state index contributed by atoms with van der Waals surface area (Å²) in [6.45, 7) is 1.61. The first-order chi connectivity index (χ1) is 4.09. The Labute approximate surface area is 54.5 Å². The maximum absolute atomic E-state index is 8.89. The lowest BCUT2D eigenvalue weighted by Crippen LogP contribution is -2.46. The summed E-state index contributed by atoms with van der Waals surface area (Å²) in [5, 5.41) is 17.7. The van der Waals surface area contributed by atoms with Gasteiger partial charge in [-0.1, -0.05) is 0 Å². The van der Waals surface area contributed by atoms with Crippen LogP contribution in [0, 0.1) is 0 Å². The van der Waals surface area contributed by atoms with Gasteiger partial charge in [0.05, 0.1) is 18.2 Å². The van der Waals surface area contributed by atoms with Crippen LogP contribution < -0.4 is 11.5 Å². The number of nitrogens with two attached hydrogens (primary N) is 2. The Morgan fingerprint density at radius 2 is 1.89 bits per heavy atom. The molecule has 0 bridgehead atoms. The molecule has 3 atom stereocenters. The predicted molar refractivity (Wildman–Crippen MR) is 34.7 cm³/mol. The van der Waals surface area contributed by atoms with Crippen LogP contribution in [0.25, 0.3) is 0 Å². The van der Waals surface area contributed by atoms with E-state index in [2.05, 4.69) is 0 Å². The minimum Gasteiger partial charge on any atom is -0.392 e.